The van der Waals surface area contributed by atoms with E-state index in [4.69, 9.17) is 4.74 Å². The van der Waals surface area contributed by atoms with Gasteiger partial charge in [0, 0.05) is 12.6 Å². The van der Waals surface area contributed by atoms with Crippen molar-refractivity contribution in [2.45, 2.75) is 58.6 Å². The van der Waals surface area contributed by atoms with E-state index in [1.54, 1.807) is 0 Å². The van der Waals surface area contributed by atoms with Crippen LogP contribution in [0, 0.1) is 11.8 Å². The topological polar surface area (TPSA) is 29.5 Å². The first kappa shape index (κ1) is 11.7. The minimum atomic E-state index is -0.376. The van der Waals surface area contributed by atoms with Gasteiger partial charge in [-0.2, -0.15) is 0 Å². The Labute approximate surface area is 98.1 Å². The van der Waals surface area contributed by atoms with Crippen molar-refractivity contribution in [3.05, 3.63) is 0 Å². The van der Waals surface area contributed by atoms with Gasteiger partial charge in [0.25, 0.3) is 0 Å². The number of rotatable bonds is 0. The molecule has 2 aliphatic rings. The van der Waals surface area contributed by atoms with Gasteiger partial charge in [-0.25, -0.2) is 4.79 Å². The summed E-state index contributed by atoms with van der Waals surface area (Å²) in [6, 6.07) is 0.434. The summed E-state index contributed by atoms with van der Waals surface area (Å²) >= 11 is 0. The molecule has 1 heterocycles. The number of hydrogen-bond donors (Lipinski definition) is 0. The van der Waals surface area contributed by atoms with Crippen LogP contribution >= 0.6 is 0 Å². The number of fused-ring (bicyclic) bond motifs is 2. The molecule has 16 heavy (non-hydrogen) atoms. The second-order valence-electron chi connectivity index (χ2n) is 6.46. The highest BCUT2D eigenvalue weighted by atomic mass is 16.6. The van der Waals surface area contributed by atoms with Crippen LogP contribution in [-0.2, 0) is 4.74 Å². The number of amides is 1. The van der Waals surface area contributed by atoms with Gasteiger partial charge in [0.05, 0.1) is 0 Å². The summed E-state index contributed by atoms with van der Waals surface area (Å²) in [6.07, 6.45) is 3.49. The molecule has 0 spiro atoms. The molecule has 1 unspecified atom stereocenters. The molecule has 1 saturated carbocycles. The van der Waals surface area contributed by atoms with Gasteiger partial charge in [-0.05, 0) is 51.9 Å². The van der Waals surface area contributed by atoms with Crippen LogP contribution in [0.15, 0.2) is 0 Å². The van der Waals surface area contributed by atoms with Crippen LogP contribution in [-0.4, -0.2) is 29.2 Å². The lowest BCUT2D eigenvalue weighted by Crippen LogP contribution is -2.40. The van der Waals surface area contributed by atoms with Crippen molar-refractivity contribution in [2.24, 2.45) is 11.8 Å². The predicted molar refractivity (Wildman–Crippen MR) is 63.2 cm³/mol. The highest BCUT2D eigenvalue weighted by molar-refractivity contribution is 5.69. The van der Waals surface area contributed by atoms with Crippen LogP contribution in [0.4, 0.5) is 4.79 Å². The van der Waals surface area contributed by atoms with Crippen molar-refractivity contribution in [3.63, 3.8) is 0 Å². The molecule has 3 atom stereocenters. The van der Waals surface area contributed by atoms with Crippen LogP contribution in [0.25, 0.3) is 0 Å². The molecule has 1 aliphatic heterocycles. The standard InChI is InChI=1S/C13H23NO2/c1-9-5-10-7-11(6-9)14(8-10)12(15)16-13(2,3)4/h9-11H,5-8H2,1-4H3/t9-,10?,11-/m0/s1. The van der Waals surface area contributed by atoms with Gasteiger partial charge in [0.2, 0.25) is 0 Å². The number of ether oxygens (including phenoxy) is 1. The fraction of sp³-hybridized carbons (Fsp3) is 0.923. The molecule has 2 fully saturated rings. The third-order valence-corrected chi connectivity index (χ3v) is 3.54. The zero-order chi connectivity index (χ0) is 11.9. The largest absolute Gasteiger partial charge is 0.444 e. The molecule has 0 aromatic rings. The number of likely N-dealkylation sites (tertiary alicyclic amines) is 1. The maximum absolute atomic E-state index is 12.0. The van der Waals surface area contributed by atoms with Gasteiger partial charge >= 0.3 is 6.09 Å². The summed E-state index contributed by atoms with van der Waals surface area (Å²) in [4.78, 5) is 14.0. The van der Waals surface area contributed by atoms with Gasteiger partial charge < -0.3 is 9.64 Å². The summed E-state index contributed by atoms with van der Waals surface area (Å²) in [6.45, 7) is 8.98. The van der Waals surface area contributed by atoms with E-state index in [9.17, 15) is 4.79 Å². The van der Waals surface area contributed by atoms with Crippen molar-refractivity contribution in [2.75, 3.05) is 6.54 Å². The lowest BCUT2D eigenvalue weighted by molar-refractivity contribution is 0.0217. The van der Waals surface area contributed by atoms with Crippen molar-refractivity contribution < 1.29 is 9.53 Å². The molecule has 92 valence electrons. The normalized spacial score (nSPS) is 34.0. The number of carbonyl (C=O) groups is 1. The van der Waals surface area contributed by atoms with E-state index in [0.717, 1.165) is 18.9 Å². The van der Waals surface area contributed by atoms with Crippen LogP contribution in [0.1, 0.15) is 47.0 Å². The van der Waals surface area contributed by atoms with Crippen molar-refractivity contribution in [1.82, 2.24) is 4.90 Å². The summed E-state index contributed by atoms with van der Waals surface area (Å²) in [7, 11) is 0. The van der Waals surface area contributed by atoms with Crippen molar-refractivity contribution in [1.29, 1.82) is 0 Å². The zero-order valence-electron chi connectivity index (χ0n) is 10.8. The number of hydrogen-bond acceptors (Lipinski definition) is 2. The number of carbonyl (C=O) groups excluding carboxylic acids is 1. The number of nitrogens with zero attached hydrogens (tertiary/aromatic N) is 1. The van der Waals surface area contributed by atoms with Gasteiger partial charge in [0.15, 0.2) is 0 Å². The molecular weight excluding hydrogens is 202 g/mol. The van der Waals surface area contributed by atoms with Crippen LogP contribution in [0.2, 0.25) is 0 Å². The highest BCUT2D eigenvalue weighted by Gasteiger charge is 2.41. The Morgan fingerprint density at radius 2 is 1.94 bits per heavy atom. The average molecular weight is 225 g/mol. The third-order valence-electron chi connectivity index (χ3n) is 3.54. The molecule has 0 radical (unpaired) electrons. The fourth-order valence-corrected chi connectivity index (χ4v) is 3.08. The van der Waals surface area contributed by atoms with Gasteiger partial charge in [-0.15, -0.1) is 0 Å². The maximum atomic E-state index is 12.0. The Morgan fingerprint density at radius 1 is 1.25 bits per heavy atom. The molecule has 0 aromatic carbocycles. The monoisotopic (exact) mass is 225 g/mol. The van der Waals surface area contributed by atoms with Crippen LogP contribution in [0.3, 0.4) is 0 Å². The summed E-state index contributed by atoms with van der Waals surface area (Å²) in [5, 5.41) is 0. The Balaban J connectivity index is 1.98. The summed E-state index contributed by atoms with van der Waals surface area (Å²) in [5.74, 6) is 1.47. The Bertz CT molecular complexity index is 282. The van der Waals surface area contributed by atoms with Crippen molar-refractivity contribution >= 4 is 6.09 Å². The molecule has 2 bridgehead atoms. The molecule has 1 aliphatic carbocycles. The van der Waals surface area contributed by atoms with Crippen LogP contribution < -0.4 is 0 Å². The Kier molecular flexibility index (Phi) is 2.89. The van der Waals surface area contributed by atoms with E-state index >= 15 is 0 Å². The van der Waals surface area contributed by atoms with Gasteiger partial charge in [-0.3, -0.25) is 0 Å². The maximum Gasteiger partial charge on any atom is 0.410 e. The second-order valence-corrected chi connectivity index (χ2v) is 6.46. The lowest BCUT2D eigenvalue weighted by atomic mass is 9.83. The first-order valence-corrected chi connectivity index (χ1v) is 6.35. The Morgan fingerprint density at radius 3 is 2.56 bits per heavy atom. The van der Waals surface area contributed by atoms with E-state index < -0.39 is 0 Å². The molecule has 3 heteroatoms. The Hall–Kier alpha value is -0.730. The molecule has 0 N–H and O–H groups in total. The van der Waals surface area contributed by atoms with E-state index in [0.29, 0.717) is 12.0 Å². The highest BCUT2D eigenvalue weighted by Crippen LogP contribution is 2.38. The SMILES string of the molecule is C[C@H]1CC2C[C@H](C1)N(C(=O)OC(C)(C)C)C2. The quantitative estimate of drug-likeness (QED) is 0.634. The van der Waals surface area contributed by atoms with Gasteiger partial charge in [0.1, 0.15) is 5.60 Å². The van der Waals surface area contributed by atoms with Gasteiger partial charge in [-0.1, -0.05) is 6.92 Å². The van der Waals surface area contributed by atoms with E-state index in [-0.39, 0.29) is 11.7 Å². The second kappa shape index (κ2) is 3.94. The molecular formula is C13H23NO2. The molecule has 2 rings (SSSR count). The fourth-order valence-electron chi connectivity index (χ4n) is 3.08. The smallest absolute Gasteiger partial charge is 0.410 e. The van der Waals surface area contributed by atoms with E-state index in [2.05, 4.69) is 6.92 Å². The third kappa shape index (κ3) is 2.50. The average Bonchev–Trinajstić information content (AvgIpc) is 2.38. The van der Waals surface area contributed by atoms with E-state index in [1.165, 1.54) is 12.8 Å². The predicted octanol–water partition coefficient (Wildman–Crippen LogP) is 3.04. The minimum Gasteiger partial charge on any atom is -0.444 e. The summed E-state index contributed by atoms with van der Waals surface area (Å²) in [5.41, 5.74) is -0.376. The summed E-state index contributed by atoms with van der Waals surface area (Å²) < 4.78 is 5.45. The van der Waals surface area contributed by atoms with Crippen molar-refractivity contribution in [3.8, 4) is 0 Å². The van der Waals surface area contributed by atoms with E-state index in [1.807, 2.05) is 25.7 Å². The minimum absolute atomic E-state index is 0.117. The molecule has 1 saturated heterocycles. The first-order valence-electron chi connectivity index (χ1n) is 6.35. The lowest BCUT2D eigenvalue weighted by Gasteiger charge is -2.29. The zero-order valence-corrected chi connectivity index (χ0v) is 10.8. The van der Waals surface area contributed by atoms with Crippen LogP contribution in [0.5, 0.6) is 0 Å². The molecule has 3 nitrogen and oxygen atoms in total. The first-order chi connectivity index (χ1) is 7.35. The molecule has 0 aromatic heterocycles. The molecule has 1 amide bonds.